The summed E-state index contributed by atoms with van der Waals surface area (Å²) in [5, 5.41) is 8.61. The number of para-hydroxylation sites is 7. The van der Waals surface area contributed by atoms with Gasteiger partial charge < -0.3 is 32.6 Å². The van der Waals surface area contributed by atoms with Crippen molar-refractivity contribution in [1.82, 2.24) is 42.8 Å². The van der Waals surface area contributed by atoms with E-state index >= 15 is 0 Å². The van der Waals surface area contributed by atoms with Crippen molar-refractivity contribution in [3.63, 3.8) is 0 Å². The number of pyridine rings is 4. The molecule has 11 nitrogen and oxygen atoms in total. The molecule has 16 aromatic carbocycles. The third-order valence-electron chi connectivity index (χ3n) is 27.7. The van der Waals surface area contributed by atoms with E-state index in [2.05, 4.69) is 489 Å². The van der Waals surface area contributed by atoms with E-state index in [1.165, 1.54) is 127 Å². The lowest BCUT2D eigenvalue weighted by molar-refractivity contribution is 0.623. The van der Waals surface area contributed by atoms with Crippen molar-refractivity contribution < 1.29 is 0 Å². The number of aromatic nitrogens is 9. The Kier molecular flexibility index (Phi) is 18.7. The zero-order valence-electron chi connectivity index (χ0n) is 74.5. The van der Waals surface area contributed by atoms with Crippen molar-refractivity contribution in [2.45, 2.75) is 19.3 Å². The molecule has 1 aliphatic carbocycles. The van der Waals surface area contributed by atoms with Gasteiger partial charge in [-0.25, -0.2) is 0 Å². The molecule has 0 bridgehead atoms. The number of benzene rings is 16. The highest BCUT2D eigenvalue weighted by Gasteiger charge is 2.38. The van der Waals surface area contributed by atoms with Crippen molar-refractivity contribution in [2.75, 3.05) is 9.80 Å². The van der Waals surface area contributed by atoms with Gasteiger partial charge in [0.2, 0.25) is 0 Å². The van der Waals surface area contributed by atoms with E-state index in [4.69, 9.17) is 15.0 Å². The topological polar surface area (TPSA) is 82.7 Å². The first-order valence-electron chi connectivity index (χ1n) is 46.4. The molecule has 0 spiro atoms. The zero-order chi connectivity index (χ0) is 90.1. The lowest BCUT2D eigenvalue weighted by Gasteiger charge is -2.28. The fraction of sp³-hybridized carbons (Fsp3) is 0.0240. The van der Waals surface area contributed by atoms with E-state index in [1.807, 2.05) is 43.1 Å². The van der Waals surface area contributed by atoms with Gasteiger partial charge in [0, 0.05) is 171 Å². The predicted octanol–water partition coefficient (Wildman–Crippen LogP) is 32.2. The molecule has 136 heavy (non-hydrogen) atoms. The summed E-state index contributed by atoms with van der Waals surface area (Å²) in [6.45, 7) is 4.63. The fourth-order valence-electron chi connectivity index (χ4n) is 21.7. The van der Waals surface area contributed by atoms with E-state index < -0.39 is 0 Å². The van der Waals surface area contributed by atoms with Gasteiger partial charge in [0.1, 0.15) is 5.69 Å². The van der Waals surface area contributed by atoms with Crippen molar-refractivity contribution in [3.8, 4) is 118 Å². The number of anilines is 6. The molecule has 0 radical (unpaired) electrons. The summed E-state index contributed by atoms with van der Waals surface area (Å²) in [6.07, 6.45) is 16.2. The second-order valence-corrected chi connectivity index (χ2v) is 35.7. The van der Waals surface area contributed by atoms with Crippen LogP contribution in [-0.4, -0.2) is 42.8 Å². The molecule has 2 aliphatic heterocycles. The molecule has 28 rings (SSSR count). The third-order valence-corrected chi connectivity index (χ3v) is 27.7. The zero-order valence-corrected chi connectivity index (χ0v) is 74.5. The normalized spacial score (nSPS) is 12.5. The maximum Gasteiger partial charge on any atom is 0.113 e. The van der Waals surface area contributed by atoms with E-state index in [1.54, 1.807) is 0 Å². The average Bonchev–Trinajstić information content (AvgIpc) is 1.56. The molecule has 3 aliphatic rings. The van der Waals surface area contributed by atoms with Gasteiger partial charge in [-0.15, -0.1) is 0 Å². The first-order chi connectivity index (χ1) is 67.3. The Balaban J connectivity index is 0.000000106. The molecule has 11 heteroatoms. The molecule has 0 N–H and O–H groups in total. The van der Waals surface area contributed by atoms with Gasteiger partial charge in [0.05, 0.1) is 72.8 Å². The van der Waals surface area contributed by atoms with Crippen LogP contribution in [0.2, 0.25) is 0 Å². The average molecular weight is 1740 g/mol. The minimum Gasteiger partial charge on any atom is -0.316 e. The standard InChI is InChI=1S/C43H28N4.C42H28N4.C40H29N3/c1-2-11-30(12-3-1)45-26-24-29-21-22-41-42(43(29)45)36-23-25-44-28-37(36)35-17-6-9-20-40(35)47(41)32-14-10-13-31(27-32)46-38-18-7-4-15-33(38)34-16-5-8-19-39(34)46;1-4-12-29(13-5-1)32-26-33(30-14-6-2-7-15-30)28-35(27-32)45-25-22-31-20-21-37-39(42(31)45)36-18-10-23-43-40(36)41-38(19-11-24-44-41)46(37)34-16-8-3-9-17-34;1-40(2)34-21-18-26-22-24-42(38(26)37(34)32-15-7-6-13-29(32)33-16-10-23-41-39(33)40)28-19-20-31-30-14-8-9-17-35(30)43(36(31)25-28)27-11-4-3-5-12-27/h1-28H;1-28H;3-25H,1-2H3. The predicted molar refractivity (Wildman–Crippen MR) is 562 cm³/mol. The van der Waals surface area contributed by atoms with Crippen LogP contribution in [0.5, 0.6) is 0 Å². The van der Waals surface area contributed by atoms with Crippen LogP contribution in [0.3, 0.4) is 0 Å². The summed E-state index contributed by atoms with van der Waals surface area (Å²) in [7, 11) is 0. The molecule has 11 heterocycles. The van der Waals surface area contributed by atoms with E-state index in [0.29, 0.717) is 0 Å². The van der Waals surface area contributed by atoms with Gasteiger partial charge in [-0.1, -0.05) is 275 Å². The minimum atomic E-state index is -0.280. The number of hydrogen-bond donors (Lipinski definition) is 0. The summed E-state index contributed by atoms with van der Waals surface area (Å²) in [5.74, 6) is 0. The molecule has 0 amide bonds. The highest BCUT2D eigenvalue weighted by atomic mass is 15.2. The molecule has 0 fully saturated rings. The van der Waals surface area contributed by atoms with Gasteiger partial charge in [-0.05, 0) is 214 Å². The fourth-order valence-corrected chi connectivity index (χ4v) is 21.7. The molecule has 0 saturated heterocycles. The van der Waals surface area contributed by atoms with Crippen LogP contribution in [0, 0.1) is 0 Å². The summed E-state index contributed by atoms with van der Waals surface area (Å²) in [5.41, 5.74) is 40.9. The second-order valence-electron chi connectivity index (χ2n) is 35.7. The lowest BCUT2D eigenvalue weighted by Crippen LogP contribution is -2.21. The smallest absolute Gasteiger partial charge is 0.113 e. The van der Waals surface area contributed by atoms with Gasteiger partial charge in [-0.3, -0.25) is 19.9 Å². The van der Waals surface area contributed by atoms with Gasteiger partial charge in [-0.2, -0.15) is 0 Å². The minimum absolute atomic E-state index is 0.280. The molecular weight excluding hydrogens is 1660 g/mol. The van der Waals surface area contributed by atoms with Gasteiger partial charge in [0.15, 0.2) is 0 Å². The quantitative estimate of drug-likeness (QED) is 0.143. The van der Waals surface area contributed by atoms with E-state index in [9.17, 15) is 0 Å². The molecule has 0 saturated carbocycles. The van der Waals surface area contributed by atoms with Crippen LogP contribution in [0.1, 0.15) is 25.1 Å². The van der Waals surface area contributed by atoms with Crippen LogP contribution in [0.15, 0.2) is 480 Å². The van der Waals surface area contributed by atoms with Crippen LogP contribution >= 0.6 is 0 Å². The first-order valence-corrected chi connectivity index (χ1v) is 46.4. The first kappa shape index (κ1) is 78.9. The van der Waals surface area contributed by atoms with Gasteiger partial charge >= 0.3 is 0 Å². The van der Waals surface area contributed by atoms with Gasteiger partial charge in [0.25, 0.3) is 0 Å². The summed E-state index contributed by atoms with van der Waals surface area (Å²) >= 11 is 0. The Labute approximate surface area is 786 Å². The lowest BCUT2D eigenvalue weighted by atomic mass is 9.78. The van der Waals surface area contributed by atoms with E-state index in [-0.39, 0.29) is 5.41 Å². The highest BCUT2D eigenvalue weighted by molar-refractivity contribution is 6.15. The number of fused-ring (bicyclic) bond motifs is 27. The molecule has 25 aromatic rings. The Morgan fingerprint density at radius 2 is 0.676 bits per heavy atom. The second kappa shape index (κ2) is 32.2. The van der Waals surface area contributed by atoms with Crippen LogP contribution < -0.4 is 9.80 Å². The largest absolute Gasteiger partial charge is 0.316 e. The molecular formula is C125H85N11. The van der Waals surface area contributed by atoms with E-state index in [0.717, 1.165) is 113 Å². The molecule has 0 atom stereocenters. The monoisotopic (exact) mass is 1740 g/mol. The van der Waals surface area contributed by atoms with Crippen molar-refractivity contribution >= 4 is 110 Å². The highest BCUT2D eigenvalue weighted by Crippen LogP contribution is 2.57. The summed E-state index contributed by atoms with van der Waals surface area (Å²) in [6, 6.07) is 155. The summed E-state index contributed by atoms with van der Waals surface area (Å²) in [4.78, 5) is 24.2. The maximum absolute atomic E-state index is 4.96. The van der Waals surface area contributed by atoms with Crippen molar-refractivity contribution in [1.29, 1.82) is 0 Å². The Morgan fingerprint density at radius 3 is 1.32 bits per heavy atom. The van der Waals surface area contributed by atoms with Crippen LogP contribution in [0.25, 0.3) is 194 Å². The molecule has 640 valence electrons. The van der Waals surface area contributed by atoms with Crippen LogP contribution in [-0.2, 0) is 5.41 Å². The third kappa shape index (κ3) is 12.8. The maximum atomic E-state index is 4.96. The summed E-state index contributed by atoms with van der Waals surface area (Å²) < 4.78 is 11.8. The number of nitrogens with zero attached hydrogens (tertiary/aromatic N) is 11. The Bertz CT molecular complexity index is 8920. The van der Waals surface area contributed by atoms with Crippen molar-refractivity contribution in [2.24, 2.45) is 0 Å². The number of hydrogen-bond acceptors (Lipinski definition) is 6. The Morgan fingerprint density at radius 1 is 0.228 bits per heavy atom. The van der Waals surface area contributed by atoms with Crippen molar-refractivity contribution in [3.05, 3.63) is 492 Å². The molecule has 0 unspecified atom stereocenters. The molecule has 9 aromatic heterocycles. The Hall–Kier alpha value is -18.1. The van der Waals surface area contributed by atoms with Crippen LogP contribution in [0.4, 0.5) is 34.1 Å². The number of rotatable bonds is 9. The SMILES string of the molecule is CC1(C)c2ccc3ccn(-c4ccc5c6ccccc6n(-c6ccccc6)c5c4)c3c2-c2ccccc2-c2cccnc21.c1ccc(-c2cc(-c3ccccc3)cc(-n3ccc4ccc5c(c43)-c3cccnc3-c3ncccc3N5c3ccccc3)c2)cc1.c1ccc(-n2ccc3ccc4c(c32)-c2ccncc2-c2ccccc2N4c2cccc(-n3c4ccccc4c4ccccc43)c2)cc1.